The van der Waals surface area contributed by atoms with Gasteiger partial charge in [0.05, 0.1) is 19.0 Å². The highest BCUT2D eigenvalue weighted by Gasteiger charge is 2.39. The highest BCUT2D eigenvalue weighted by molar-refractivity contribution is 5.85. The second kappa shape index (κ2) is 10.2. The molecule has 0 spiro atoms. The summed E-state index contributed by atoms with van der Waals surface area (Å²) in [7, 11) is 0. The lowest BCUT2D eigenvalue weighted by molar-refractivity contribution is -0.274. The van der Waals surface area contributed by atoms with Crippen molar-refractivity contribution in [2.24, 2.45) is 5.92 Å². The molecule has 39 heavy (non-hydrogen) atoms. The average molecular weight is 545 g/mol. The number of rotatable bonds is 6. The fraction of sp³-hybridized carbons (Fsp3) is 0.464. The van der Waals surface area contributed by atoms with Crippen LogP contribution in [0.25, 0.3) is 11.0 Å². The Morgan fingerprint density at radius 3 is 2.46 bits per heavy atom. The minimum Gasteiger partial charge on any atom is -0.481 e. The molecule has 1 N–H and O–H groups in total. The van der Waals surface area contributed by atoms with Gasteiger partial charge in [0.2, 0.25) is 5.91 Å². The third-order valence-corrected chi connectivity index (χ3v) is 7.68. The number of benzene rings is 1. The summed E-state index contributed by atoms with van der Waals surface area (Å²) < 4.78 is 43.8. The van der Waals surface area contributed by atoms with Gasteiger partial charge in [-0.1, -0.05) is 26.0 Å². The van der Waals surface area contributed by atoms with Crippen molar-refractivity contribution in [3.05, 3.63) is 59.4 Å². The van der Waals surface area contributed by atoms with Crippen molar-refractivity contribution in [3.63, 3.8) is 0 Å². The van der Waals surface area contributed by atoms with Crippen molar-refractivity contribution in [1.82, 2.24) is 19.4 Å². The van der Waals surface area contributed by atoms with Crippen LogP contribution in [-0.2, 0) is 28.1 Å². The third kappa shape index (κ3) is 5.73. The summed E-state index contributed by atoms with van der Waals surface area (Å²) in [6.07, 6.45) is -1.98. The molecular weight excluding hydrogens is 513 g/mol. The molecule has 0 saturated carbocycles. The zero-order valence-electron chi connectivity index (χ0n) is 21.9. The number of hydrogen-bond donors (Lipinski definition) is 1. The van der Waals surface area contributed by atoms with Gasteiger partial charge >= 0.3 is 12.3 Å². The van der Waals surface area contributed by atoms with Gasteiger partial charge in [0, 0.05) is 35.8 Å². The molecule has 0 aliphatic carbocycles. The molecule has 1 amide bonds. The Kier molecular flexibility index (Phi) is 7.04. The molecule has 2 aromatic heterocycles. The van der Waals surface area contributed by atoms with E-state index in [9.17, 15) is 27.9 Å². The first-order valence-corrected chi connectivity index (χ1v) is 13.0. The van der Waals surface area contributed by atoms with Crippen molar-refractivity contribution >= 4 is 22.9 Å². The Labute approximate surface area is 224 Å². The van der Waals surface area contributed by atoms with Crippen LogP contribution in [0.1, 0.15) is 43.5 Å². The maximum Gasteiger partial charge on any atom is 0.573 e. The predicted octanol–water partition coefficient (Wildman–Crippen LogP) is 4.40. The summed E-state index contributed by atoms with van der Waals surface area (Å²) in [4.78, 5) is 33.2. The molecule has 1 saturated heterocycles. The maximum atomic E-state index is 13.5. The minimum absolute atomic E-state index is 0.0130. The molecule has 2 aliphatic rings. The van der Waals surface area contributed by atoms with E-state index in [1.807, 2.05) is 26.5 Å². The average Bonchev–Trinajstić information content (AvgIpc) is 3.18. The molecule has 11 heteroatoms. The number of fused-ring (bicyclic) bond motifs is 3. The first kappa shape index (κ1) is 27.0. The Hall–Kier alpha value is -3.60. The van der Waals surface area contributed by atoms with Gasteiger partial charge < -0.3 is 19.3 Å². The number of carboxylic acids is 1. The lowest BCUT2D eigenvalue weighted by Gasteiger charge is -2.40. The first-order valence-electron chi connectivity index (χ1n) is 13.0. The highest BCUT2D eigenvalue weighted by atomic mass is 19.4. The smallest absolute Gasteiger partial charge is 0.481 e. The monoisotopic (exact) mass is 544 g/mol. The van der Waals surface area contributed by atoms with Crippen LogP contribution in [0.5, 0.6) is 5.75 Å². The second-order valence-electron chi connectivity index (χ2n) is 11.0. The largest absolute Gasteiger partial charge is 0.573 e. The summed E-state index contributed by atoms with van der Waals surface area (Å²) in [5.41, 5.74) is 3.24. The second-order valence-corrected chi connectivity index (χ2v) is 11.0. The predicted molar refractivity (Wildman–Crippen MR) is 137 cm³/mol. The van der Waals surface area contributed by atoms with Crippen LogP contribution < -0.4 is 4.74 Å². The lowest BCUT2D eigenvalue weighted by atomic mass is 9.79. The molecule has 2 aliphatic heterocycles. The summed E-state index contributed by atoms with van der Waals surface area (Å²) in [5, 5.41) is 10.3. The molecule has 0 unspecified atom stereocenters. The number of carboxylic acid groups (broad SMARTS) is 1. The molecular formula is C28H31F3N4O4. The molecule has 0 atom stereocenters. The number of carbonyl (C=O) groups is 2. The minimum atomic E-state index is -4.76. The van der Waals surface area contributed by atoms with E-state index in [0.29, 0.717) is 45.6 Å². The van der Waals surface area contributed by atoms with Crippen molar-refractivity contribution in [2.45, 2.75) is 51.6 Å². The van der Waals surface area contributed by atoms with Gasteiger partial charge in [-0.2, -0.15) is 0 Å². The fourth-order valence-electron chi connectivity index (χ4n) is 5.89. The standard InChI is InChI=1S/C28H31F3N4O4/c1-27(2)17-34(23(36)16-33-12-9-19(10-13-33)26(37)38)15-22-24(27)21-4-3-11-32-25(21)35(22)14-18-5-7-20(8-6-18)39-28(29,30)31/h3-8,11,19H,9-10,12-17H2,1-2H3,(H,37,38). The summed E-state index contributed by atoms with van der Waals surface area (Å²) in [6, 6.07) is 9.68. The molecule has 4 heterocycles. The van der Waals surface area contributed by atoms with Gasteiger partial charge in [0.25, 0.3) is 0 Å². The van der Waals surface area contributed by atoms with Gasteiger partial charge in [-0.25, -0.2) is 4.98 Å². The van der Waals surface area contributed by atoms with Gasteiger partial charge in [-0.05, 0) is 61.3 Å². The van der Waals surface area contributed by atoms with Crippen LogP contribution in [0, 0.1) is 5.92 Å². The van der Waals surface area contributed by atoms with Crippen LogP contribution in [0.4, 0.5) is 13.2 Å². The van der Waals surface area contributed by atoms with Crippen molar-refractivity contribution in [1.29, 1.82) is 0 Å². The molecule has 0 bridgehead atoms. The van der Waals surface area contributed by atoms with Gasteiger partial charge in [-0.15, -0.1) is 13.2 Å². The van der Waals surface area contributed by atoms with E-state index in [1.165, 1.54) is 12.1 Å². The number of halogens is 3. The quantitative estimate of drug-likeness (QED) is 0.495. The normalized spacial score (nSPS) is 18.2. The van der Waals surface area contributed by atoms with E-state index in [2.05, 4.69) is 23.6 Å². The van der Waals surface area contributed by atoms with E-state index in [1.54, 1.807) is 18.3 Å². The maximum absolute atomic E-state index is 13.5. The Morgan fingerprint density at radius 1 is 1.13 bits per heavy atom. The lowest BCUT2D eigenvalue weighted by Crippen LogP contribution is -2.49. The number of likely N-dealkylation sites (tertiary alicyclic amines) is 1. The molecule has 8 nitrogen and oxygen atoms in total. The van der Waals surface area contributed by atoms with E-state index in [0.717, 1.165) is 27.9 Å². The van der Waals surface area contributed by atoms with E-state index in [4.69, 9.17) is 0 Å². The Balaban J connectivity index is 1.40. The van der Waals surface area contributed by atoms with Gasteiger partial charge in [0.1, 0.15) is 11.4 Å². The number of hydrogen-bond acceptors (Lipinski definition) is 5. The molecule has 3 aromatic rings. The highest BCUT2D eigenvalue weighted by Crippen LogP contribution is 2.40. The van der Waals surface area contributed by atoms with Crippen molar-refractivity contribution in [2.75, 3.05) is 26.2 Å². The van der Waals surface area contributed by atoms with Crippen LogP contribution in [-0.4, -0.2) is 68.9 Å². The SMILES string of the molecule is CC1(C)CN(C(=O)CN2CCC(C(=O)O)CC2)Cc2c1c1cccnc1n2Cc1ccc(OC(F)(F)F)cc1. The van der Waals surface area contributed by atoms with Crippen LogP contribution >= 0.6 is 0 Å². The number of ether oxygens (including phenoxy) is 1. The number of nitrogens with zero attached hydrogens (tertiary/aromatic N) is 4. The Morgan fingerprint density at radius 2 is 1.82 bits per heavy atom. The summed E-state index contributed by atoms with van der Waals surface area (Å²) >= 11 is 0. The number of amides is 1. The van der Waals surface area contributed by atoms with Crippen LogP contribution in [0.2, 0.25) is 0 Å². The number of carbonyl (C=O) groups excluding carboxylic acids is 1. The Bertz CT molecular complexity index is 1380. The fourth-order valence-corrected chi connectivity index (χ4v) is 5.89. The van der Waals surface area contributed by atoms with E-state index >= 15 is 0 Å². The number of pyridine rings is 1. The molecule has 0 radical (unpaired) electrons. The molecule has 208 valence electrons. The topological polar surface area (TPSA) is 87.9 Å². The summed E-state index contributed by atoms with van der Waals surface area (Å²) in [5.74, 6) is -1.43. The number of aliphatic carboxylic acids is 1. The van der Waals surface area contributed by atoms with Crippen LogP contribution in [0.3, 0.4) is 0 Å². The van der Waals surface area contributed by atoms with E-state index < -0.39 is 12.3 Å². The number of aromatic nitrogens is 2. The number of piperidine rings is 1. The van der Waals surface area contributed by atoms with Crippen molar-refractivity contribution < 1.29 is 32.6 Å². The molecule has 1 aromatic carbocycles. The number of alkyl halides is 3. The zero-order chi connectivity index (χ0) is 27.9. The first-order chi connectivity index (χ1) is 18.4. The molecule has 1 fully saturated rings. The van der Waals surface area contributed by atoms with Gasteiger partial charge in [0.15, 0.2) is 0 Å². The van der Waals surface area contributed by atoms with Crippen LogP contribution in [0.15, 0.2) is 42.6 Å². The van der Waals surface area contributed by atoms with Crippen molar-refractivity contribution in [3.8, 4) is 5.75 Å². The third-order valence-electron chi connectivity index (χ3n) is 7.68. The van der Waals surface area contributed by atoms with Gasteiger partial charge in [-0.3, -0.25) is 14.5 Å². The summed E-state index contributed by atoms with van der Waals surface area (Å²) in [6.45, 7) is 6.86. The van der Waals surface area contributed by atoms with E-state index in [-0.39, 0.29) is 29.5 Å². The molecule has 5 rings (SSSR count). The zero-order valence-corrected chi connectivity index (χ0v) is 21.9.